The fourth-order valence-electron chi connectivity index (χ4n) is 7.67. The van der Waals surface area contributed by atoms with Crippen LogP contribution in [0.25, 0.3) is 0 Å². The van der Waals surface area contributed by atoms with Gasteiger partial charge in [-0.2, -0.15) is 0 Å². The Morgan fingerprint density at radius 3 is 1.57 bits per heavy atom. The van der Waals surface area contributed by atoms with E-state index in [1.165, 1.54) is 43.5 Å². The second-order valence-corrected chi connectivity index (χ2v) is 15.7. The topological polar surface area (TPSA) is 276 Å². The van der Waals surface area contributed by atoms with Crippen LogP contribution in [0.15, 0.2) is 91.0 Å². The summed E-state index contributed by atoms with van der Waals surface area (Å²) in [6, 6.07) is 21.5. The van der Waals surface area contributed by atoms with E-state index in [0.29, 0.717) is 0 Å². The third-order valence-corrected chi connectivity index (χ3v) is 10.6. The summed E-state index contributed by atoms with van der Waals surface area (Å²) >= 11 is 0. The molecule has 1 N–H and O–H groups in total. The first kappa shape index (κ1) is 53.7. The lowest BCUT2D eigenvalue weighted by Crippen LogP contribution is -2.70. The first-order chi connectivity index (χ1) is 33.4. The van der Waals surface area contributed by atoms with Crippen molar-refractivity contribution in [1.82, 2.24) is 5.32 Å². The zero-order valence-electron chi connectivity index (χ0n) is 39.1. The second-order valence-electron chi connectivity index (χ2n) is 15.7. The fourth-order valence-corrected chi connectivity index (χ4v) is 7.67. The molecule has 0 aliphatic carbocycles. The smallest absolute Gasteiger partial charge is 0.366 e. The molecule has 3 aromatic rings. The maximum atomic E-state index is 14.3. The van der Waals surface area contributed by atoms with Crippen LogP contribution in [-0.4, -0.2) is 148 Å². The maximum absolute atomic E-state index is 14.3. The zero-order chi connectivity index (χ0) is 51.1. The number of amides is 1. The fraction of sp³-hybridized carbons (Fsp3) is 0.438. The van der Waals surface area contributed by atoms with Gasteiger partial charge in [-0.15, -0.1) is 0 Å². The highest BCUT2D eigenvalue weighted by Crippen LogP contribution is 2.39. The van der Waals surface area contributed by atoms with Gasteiger partial charge in [0.05, 0.1) is 42.9 Å². The molecule has 1 amide bonds. The van der Waals surface area contributed by atoms with Crippen LogP contribution in [-0.2, 0) is 85.6 Å². The summed E-state index contributed by atoms with van der Waals surface area (Å²) in [5.41, 5.74) is 0.137. The van der Waals surface area contributed by atoms with E-state index in [9.17, 15) is 43.2 Å². The number of rotatable bonds is 19. The lowest BCUT2D eigenvalue weighted by molar-refractivity contribution is -0.336. The quantitative estimate of drug-likeness (QED) is 0.133. The Bertz CT molecular complexity index is 2330. The lowest BCUT2D eigenvalue weighted by atomic mass is 9.87. The largest absolute Gasteiger partial charge is 0.465 e. The number of hydrogen-bond donors (Lipinski definition) is 1. The molecule has 2 saturated heterocycles. The summed E-state index contributed by atoms with van der Waals surface area (Å²) in [4.78, 5) is 119. The second kappa shape index (κ2) is 24.8. The van der Waals surface area contributed by atoms with Crippen LogP contribution >= 0.6 is 0 Å². The van der Waals surface area contributed by atoms with E-state index in [0.717, 1.165) is 41.7 Å². The highest BCUT2D eigenvalue weighted by Gasteiger charge is 2.61. The Morgan fingerprint density at radius 1 is 0.629 bits per heavy atom. The number of ether oxygens (including phenoxy) is 12. The SMILES string of the molecule is COC(=O)[C@]1(OC[C@H]2O[C@@H](OC)[C@H](OC(=O)c3ccccc3)[C@@H](OC(=O)c3ccccc3)[C@H]2OC(=O)c2ccccc2)C[C@H](OC(C)=O)[C@@H](NC(C)=O)[C@H]([C@H](OC(C)=O)[C@@H](COC(C)=O)OC(C)=O)O1. The molecule has 5 rings (SSSR count). The lowest BCUT2D eigenvalue weighted by Gasteiger charge is -2.49. The first-order valence-corrected chi connectivity index (χ1v) is 21.6. The number of methoxy groups -OCH3 is 2. The van der Waals surface area contributed by atoms with Gasteiger partial charge in [0.1, 0.15) is 24.9 Å². The minimum absolute atomic E-state index is 0.0207. The molecule has 2 heterocycles. The molecule has 2 aliphatic heterocycles. The zero-order valence-corrected chi connectivity index (χ0v) is 39.1. The van der Waals surface area contributed by atoms with Crippen LogP contribution in [0.2, 0.25) is 0 Å². The van der Waals surface area contributed by atoms with Gasteiger partial charge in [-0.25, -0.2) is 19.2 Å². The number of nitrogens with one attached hydrogen (secondary N) is 1. The number of benzene rings is 3. The molecule has 376 valence electrons. The summed E-state index contributed by atoms with van der Waals surface area (Å²) < 4.78 is 69.9. The van der Waals surface area contributed by atoms with Crippen molar-refractivity contribution >= 4 is 53.7 Å². The molecule has 0 bridgehead atoms. The van der Waals surface area contributed by atoms with Crippen molar-refractivity contribution in [2.75, 3.05) is 27.4 Å². The summed E-state index contributed by atoms with van der Waals surface area (Å²) in [5.74, 6) is -11.5. The maximum Gasteiger partial charge on any atom is 0.366 e. The highest BCUT2D eigenvalue weighted by molar-refractivity contribution is 5.91. The van der Waals surface area contributed by atoms with E-state index in [4.69, 9.17) is 56.8 Å². The van der Waals surface area contributed by atoms with Crippen molar-refractivity contribution in [3.05, 3.63) is 108 Å². The summed E-state index contributed by atoms with van der Waals surface area (Å²) in [7, 11) is 2.13. The molecule has 0 radical (unpaired) electrons. The summed E-state index contributed by atoms with van der Waals surface area (Å²) in [6.45, 7) is 3.48. The molecule has 3 aromatic carbocycles. The van der Waals surface area contributed by atoms with Gasteiger partial charge >= 0.3 is 47.8 Å². The van der Waals surface area contributed by atoms with E-state index in [1.54, 1.807) is 54.6 Å². The molecule has 11 atom stereocenters. The minimum atomic E-state index is -2.78. The van der Waals surface area contributed by atoms with Crippen LogP contribution in [0.5, 0.6) is 0 Å². The third-order valence-electron chi connectivity index (χ3n) is 10.6. The van der Waals surface area contributed by atoms with Gasteiger partial charge in [0.25, 0.3) is 5.79 Å². The van der Waals surface area contributed by atoms with Crippen molar-refractivity contribution in [3.8, 4) is 0 Å². The van der Waals surface area contributed by atoms with Crippen LogP contribution in [0.1, 0.15) is 72.1 Å². The van der Waals surface area contributed by atoms with Gasteiger partial charge < -0.3 is 62.2 Å². The molecule has 22 heteroatoms. The third kappa shape index (κ3) is 14.2. The minimum Gasteiger partial charge on any atom is -0.465 e. The van der Waals surface area contributed by atoms with Gasteiger partial charge in [-0.3, -0.25) is 24.0 Å². The Morgan fingerprint density at radius 2 is 1.13 bits per heavy atom. The predicted octanol–water partition coefficient (Wildman–Crippen LogP) is 2.57. The molecular weight excluding hydrogens is 927 g/mol. The molecule has 0 unspecified atom stereocenters. The monoisotopic (exact) mass is 979 g/mol. The van der Waals surface area contributed by atoms with E-state index in [-0.39, 0.29) is 16.7 Å². The number of hydrogen-bond acceptors (Lipinski definition) is 21. The average molecular weight is 980 g/mol. The Labute approximate surface area is 401 Å². The molecule has 0 aromatic heterocycles. The van der Waals surface area contributed by atoms with Crippen LogP contribution in [0.3, 0.4) is 0 Å². The van der Waals surface area contributed by atoms with Crippen molar-refractivity contribution in [2.45, 2.75) is 108 Å². The number of carbonyl (C=O) groups is 9. The van der Waals surface area contributed by atoms with E-state index < -0.39 is 140 Å². The molecule has 0 spiro atoms. The predicted molar refractivity (Wildman–Crippen MR) is 234 cm³/mol. The van der Waals surface area contributed by atoms with Crippen LogP contribution in [0, 0.1) is 0 Å². The van der Waals surface area contributed by atoms with Gasteiger partial charge in [0.2, 0.25) is 5.91 Å². The van der Waals surface area contributed by atoms with Crippen LogP contribution < -0.4 is 5.32 Å². The Balaban J connectivity index is 1.66. The van der Waals surface area contributed by atoms with Crippen molar-refractivity contribution in [1.29, 1.82) is 0 Å². The van der Waals surface area contributed by atoms with E-state index in [2.05, 4.69) is 5.32 Å². The molecule has 70 heavy (non-hydrogen) atoms. The molecule has 2 fully saturated rings. The average Bonchev–Trinajstić information content (AvgIpc) is 3.33. The van der Waals surface area contributed by atoms with Crippen molar-refractivity contribution in [3.63, 3.8) is 0 Å². The molecule has 0 saturated carbocycles. The molecule has 22 nitrogen and oxygen atoms in total. The Hall–Kier alpha value is -7.27. The van der Waals surface area contributed by atoms with Crippen molar-refractivity contribution < 1.29 is 100.0 Å². The van der Waals surface area contributed by atoms with Gasteiger partial charge in [-0.1, -0.05) is 54.6 Å². The number of carbonyl (C=O) groups excluding carboxylic acids is 9. The number of esters is 8. The molecule has 2 aliphatic rings. The van der Waals surface area contributed by atoms with E-state index >= 15 is 0 Å². The summed E-state index contributed by atoms with van der Waals surface area (Å²) in [5, 5.41) is 2.56. The normalized spacial score (nSPS) is 24.7. The standard InChI is InChI=1S/C48H53NO21/c1-26(50)49-37-34(63-28(3)52)23-48(47(58)60-7,70-40(37)38(65-30(5)54)35(64-29(4)53)24-61-27(2)51)62-25-36-39(67-43(55)31-17-11-8-12-18-31)41(68-44(56)32-19-13-9-14-20-32)42(46(59-6)66-36)69-45(57)33-21-15-10-16-22-33/h8-22,34-42,46H,23-25H2,1-7H3,(H,49,50)/t34-,35+,36+,37+,38+,39-,40+,41-,42+,46+,48-/m0/s1. The van der Waals surface area contributed by atoms with Gasteiger partial charge in [0, 0.05) is 41.7 Å². The van der Waals surface area contributed by atoms with Gasteiger partial charge in [-0.05, 0) is 36.4 Å². The van der Waals surface area contributed by atoms with Crippen molar-refractivity contribution in [2.24, 2.45) is 0 Å². The molecular formula is C48H53NO21. The van der Waals surface area contributed by atoms with Crippen LogP contribution in [0.4, 0.5) is 0 Å². The van der Waals surface area contributed by atoms with E-state index in [1.807, 2.05) is 0 Å². The Kier molecular flexibility index (Phi) is 19.1. The summed E-state index contributed by atoms with van der Waals surface area (Å²) in [6.07, 6.45) is -16.4. The first-order valence-electron chi connectivity index (χ1n) is 21.6. The highest BCUT2D eigenvalue weighted by atomic mass is 16.8. The van der Waals surface area contributed by atoms with Gasteiger partial charge in [0.15, 0.2) is 36.8 Å².